The lowest BCUT2D eigenvalue weighted by Crippen LogP contribution is -2.14. The maximum atomic E-state index is 11.0. The predicted molar refractivity (Wildman–Crippen MR) is 103 cm³/mol. The predicted octanol–water partition coefficient (Wildman–Crippen LogP) is 5.95. The SMILES string of the molecule is CCCCCCCCC(Cl)C(=O)O.O=C1C(Cl)=C(Cl)C(=O)C(Cl)=C1Cl. The van der Waals surface area contributed by atoms with E-state index in [4.69, 9.17) is 63.1 Å². The number of rotatable bonds is 8. The summed E-state index contributed by atoms with van der Waals surface area (Å²) < 4.78 is 0. The molecule has 4 nitrogen and oxygen atoms in total. The van der Waals surface area contributed by atoms with Crippen LogP contribution in [0.3, 0.4) is 0 Å². The lowest BCUT2D eigenvalue weighted by Gasteiger charge is -2.08. The molecule has 1 aliphatic carbocycles. The minimum atomic E-state index is -0.893. The molecule has 142 valence electrons. The number of carboxylic acids is 1. The van der Waals surface area contributed by atoms with Crippen LogP contribution in [0.1, 0.15) is 51.9 Å². The van der Waals surface area contributed by atoms with Crippen molar-refractivity contribution in [2.24, 2.45) is 0 Å². The van der Waals surface area contributed by atoms with Gasteiger partial charge in [0.15, 0.2) is 0 Å². The second-order valence-electron chi connectivity index (χ2n) is 5.28. The summed E-state index contributed by atoms with van der Waals surface area (Å²) in [6.45, 7) is 2.18. The number of halogens is 5. The Kier molecular flexibility index (Phi) is 12.9. The third-order valence-electron chi connectivity index (χ3n) is 3.26. The first-order valence-corrected chi connectivity index (χ1v) is 9.66. The molecule has 0 aromatic heterocycles. The summed E-state index contributed by atoms with van der Waals surface area (Å²) in [6, 6.07) is 0. The number of allylic oxidation sites excluding steroid dienone is 4. The van der Waals surface area contributed by atoms with E-state index in [-0.39, 0.29) is 0 Å². The second kappa shape index (κ2) is 13.0. The van der Waals surface area contributed by atoms with Gasteiger partial charge in [-0.1, -0.05) is 91.9 Å². The third kappa shape index (κ3) is 8.78. The van der Waals surface area contributed by atoms with Gasteiger partial charge < -0.3 is 5.11 Å². The smallest absolute Gasteiger partial charge is 0.321 e. The molecule has 0 amide bonds. The number of Topliss-reactive ketones (excluding diaryl/α,β-unsaturated/α-hetero) is 2. The highest BCUT2D eigenvalue weighted by Crippen LogP contribution is 2.32. The Hall–Kier alpha value is -0.260. The van der Waals surface area contributed by atoms with Crippen LogP contribution < -0.4 is 0 Å². The molecule has 1 atom stereocenters. The van der Waals surface area contributed by atoms with Gasteiger partial charge in [-0.3, -0.25) is 14.4 Å². The minimum Gasteiger partial charge on any atom is -0.480 e. The van der Waals surface area contributed by atoms with Crippen LogP contribution in [0.15, 0.2) is 20.1 Å². The highest BCUT2D eigenvalue weighted by molar-refractivity contribution is 6.69. The van der Waals surface area contributed by atoms with Crippen LogP contribution in [0.4, 0.5) is 0 Å². The fraction of sp³-hybridized carbons (Fsp3) is 0.562. The summed E-state index contributed by atoms with van der Waals surface area (Å²) in [5, 5.41) is 6.23. The first-order chi connectivity index (χ1) is 11.6. The quantitative estimate of drug-likeness (QED) is 0.281. The third-order valence-corrected chi connectivity index (χ3v) is 5.30. The lowest BCUT2D eigenvalue weighted by molar-refractivity contribution is -0.136. The standard InChI is InChI=1S/C10H19ClO2.C6Cl4O2/c1-2-3-4-5-6-7-8-9(11)10(12)13;7-1-2(8)6(12)4(10)3(9)5(1)11/h9H,2-8H2,1H3,(H,12,13);. The number of aliphatic carboxylic acids is 1. The molecular weight excluding hydrogens is 433 g/mol. The summed E-state index contributed by atoms with van der Waals surface area (Å²) >= 11 is 27.0. The van der Waals surface area contributed by atoms with E-state index in [0.717, 1.165) is 12.8 Å². The molecule has 0 radical (unpaired) electrons. The molecule has 0 saturated heterocycles. The van der Waals surface area contributed by atoms with Crippen LogP contribution in [0.2, 0.25) is 0 Å². The molecule has 0 heterocycles. The zero-order valence-corrected chi connectivity index (χ0v) is 17.4. The number of hydrogen-bond donors (Lipinski definition) is 1. The molecule has 0 saturated carbocycles. The molecule has 1 N–H and O–H groups in total. The molecule has 0 aliphatic heterocycles. The average molecular weight is 453 g/mol. The van der Waals surface area contributed by atoms with Gasteiger partial charge in [-0.15, -0.1) is 11.6 Å². The van der Waals surface area contributed by atoms with E-state index < -0.39 is 43.0 Å². The lowest BCUT2D eigenvalue weighted by atomic mass is 10.1. The van der Waals surface area contributed by atoms with E-state index >= 15 is 0 Å². The Morgan fingerprint density at radius 2 is 1.20 bits per heavy atom. The van der Waals surface area contributed by atoms with Gasteiger partial charge in [0.1, 0.15) is 25.5 Å². The summed E-state index contributed by atoms with van der Waals surface area (Å²) in [5.74, 6) is -2.35. The molecule has 0 spiro atoms. The van der Waals surface area contributed by atoms with Crippen LogP contribution in [-0.2, 0) is 14.4 Å². The van der Waals surface area contributed by atoms with Crippen LogP contribution in [0.5, 0.6) is 0 Å². The van der Waals surface area contributed by atoms with Crippen molar-refractivity contribution in [2.45, 2.75) is 57.2 Å². The van der Waals surface area contributed by atoms with Gasteiger partial charge in [-0.05, 0) is 6.42 Å². The Morgan fingerprint density at radius 3 is 1.56 bits per heavy atom. The van der Waals surface area contributed by atoms with E-state index in [0.29, 0.717) is 6.42 Å². The van der Waals surface area contributed by atoms with E-state index in [1.54, 1.807) is 0 Å². The van der Waals surface area contributed by atoms with Crippen LogP contribution in [0.25, 0.3) is 0 Å². The van der Waals surface area contributed by atoms with E-state index in [1.165, 1.54) is 25.7 Å². The van der Waals surface area contributed by atoms with Crippen molar-refractivity contribution in [3.05, 3.63) is 20.1 Å². The Morgan fingerprint density at radius 1 is 0.840 bits per heavy atom. The molecular formula is C16H19Cl5O4. The fourth-order valence-corrected chi connectivity index (χ4v) is 2.79. The minimum absolute atomic E-state index is 0.393. The van der Waals surface area contributed by atoms with Crippen molar-refractivity contribution in [2.75, 3.05) is 0 Å². The fourth-order valence-electron chi connectivity index (χ4n) is 1.82. The van der Waals surface area contributed by atoms with Crippen molar-refractivity contribution >= 4 is 75.5 Å². The maximum Gasteiger partial charge on any atom is 0.321 e. The van der Waals surface area contributed by atoms with Crippen molar-refractivity contribution in [3.8, 4) is 0 Å². The zero-order valence-electron chi connectivity index (χ0n) is 13.6. The van der Waals surface area contributed by atoms with Crippen LogP contribution >= 0.6 is 58.0 Å². The van der Waals surface area contributed by atoms with Crippen LogP contribution in [-0.4, -0.2) is 28.0 Å². The number of carboxylic acid groups (broad SMARTS) is 1. The van der Waals surface area contributed by atoms with Crippen molar-refractivity contribution in [1.82, 2.24) is 0 Å². The molecule has 1 rings (SSSR count). The van der Waals surface area contributed by atoms with Gasteiger partial charge in [0, 0.05) is 0 Å². The van der Waals surface area contributed by atoms with E-state index in [2.05, 4.69) is 6.92 Å². The first kappa shape index (κ1) is 24.7. The molecule has 0 aromatic carbocycles. The number of unbranched alkanes of at least 4 members (excludes halogenated alkanes) is 5. The van der Waals surface area contributed by atoms with Crippen molar-refractivity contribution < 1.29 is 19.5 Å². The average Bonchev–Trinajstić information content (AvgIpc) is 2.59. The molecule has 0 aromatic rings. The summed E-state index contributed by atoms with van der Waals surface area (Å²) in [6.07, 6.45) is 7.63. The molecule has 1 unspecified atom stereocenters. The van der Waals surface area contributed by atoms with Gasteiger partial charge >= 0.3 is 5.97 Å². The van der Waals surface area contributed by atoms with Crippen molar-refractivity contribution in [1.29, 1.82) is 0 Å². The Bertz CT molecular complexity index is 507. The van der Waals surface area contributed by atoms with Gasteiger partial charge in [0.05, 0.1) is 0 Å². The number of hydrogen-bond acceptors (Lipinski definition) is 3. The number of carbonyl (C=O) groups is 3. The van der Waals surface area contributed by atoms with E-state index in [1.807, 2.05) is 0 Å². The first-order valence-electron chi connectivity index (χ1n) is 7.71. The monoisotopic (exact) mass is 450 g/mol. The maximum absolute atomic E-state index is 11.0. The zero-order chi connectivity index (χ0) is 19.6. The normalized spacial score (nSPS) is 15.9. The molecule has 0 bridgehead atoms. The summed E-state index contributed by atoms with van der Waals surface area (Å²) in [5.41, 5.74) is 0. The van der Waals surface area contributed by atoms with Gasteiger partial charge in [-0.25, -0.2) is 0 Å². The highest BCUT2D eigenvalue weighted by atomic mass is 35.5. The highest BCUT2D eigenvalue weighted by Gasteiger charge is 2.31. The molecule has 1 aliphatic rings. The Labute approximate surface area is 172 Å². The van der Waals surface area contributed by atoms with Gasteiger partial charge in [0.25, 0.3) is 0 Å². The molecule has 9 heteroatoms. The molecule has 25 heavy (non-hydrogen) atoms. The van der Waals surface area contributed by atoms with Crippen LogP contribution in [0, 0.1) is 0 Å². The topological polar surface area (TPSA) is 71.4 Å². The summed E-state index contributed by atoms with van der Waals surface area (Å²) in [4.78, 5) is 32.3. The Balaban J connectivity index is 0.000000462. The van der Waals surface area contributed by atoms with E-state index in [9.17, 15) is 14.4 Å². The number of carbonyl (C=O) groups excluding carboxylic acids is 2. The number of ketones is 2. The number of alkyl halides is 1. The summed E-state index contributed by atoms with van der Waals surface area (Å²) in [7, 11) is 0. The van der Waals surface area contributed by atoms with Gasteiger partial charge in [0.2, 0.25) is 11.6 Å². The molecule has 0 fully saturated rings. The largest absolute Gasteiger partial charge is 0.480 e. The van der Waals surface area contributed by atoms with Crippen molar-refractivity contribution in [3.63, 3.8) is 0 Å². The van der Waals surface area contributed by atoms with Gasteiger partial charge in [-0.2, -0.15) is 0 Å². The second-order valence-corrected chi connectivity index (χ2v) is 7.32.